The fourth-order valence-corrected chi connectivity index (χ4v) is 3.32. The van der Waals surface area contributed by atoms with Crippen molar-refractivity contribution in [1.29, 1.82) is 0 Å². The minimum absolute atomic E-state index is 0.126. The van der Waals surface area contributed by atoms with Crippen molar-refractivity contribution >= 4 is 28.6 Å². The second-order valence-electron chi connectivity index (χ2n) is 5.87. The van der Waals surface area contributed by atoms with Gasteiger partial charge in [0.25, 0.3) is 0 Å². The number of aliphatic carboxylic acids is 1. The van der Waals surface area contributed by atoms with Crippen LogP contribution in [0.1, 0.15) is 90.4 Å². The molecule has 0 radical (unpaired) electrons. The van der Waals surface area contributed by atoms with Gasteiger partial charge in [0.1, 0.15) is 0 Å². The van der Waals surface area contributed by atoms with Crippen molar-refractivity contribution in [2.24, 2.45) is 5.92 Å². The lowest BCUT2D eigenvalue weighted by Crippen LogP contribution is -2.14. The van der Waals surface area contributed by atoms with Crippen LogP contribution in [0.5, 0.6) is 0 Å². The minimum Gasteiger partial charge on any atom is -0.481 e. The number of carboxylic acids is 1. The van der Waals surface area contributed by atoms with E-state index in [1.807, 2.05) is 0 Å². The van der Waals surface area contributed by atoms with Crippen LogP contribution in [-0.4, -0.2) is 15.5 Å². The van der Waals surface area contributed by atoms with Gasteiger partial charge in [0, 0.05) is 4.43 Å². The molecule has 0 aliphatic carbocycles. The molecule has 0 fully saturated rings. The first-order valence-corrected chi connectivity index (χ1v) is 10.0. The zero-order valence-electron chi connectivity index (χ0n) is 13.2. The molecule has 120 valence electrons. The summed E-state index contributed by atoms with van der Waals surface area (Å²) in [6, 6.07) is 0. The highest BCUT2D eigenvalue weighted by molar-refractivity contribution is 14.1. The smallest absolute Gasteiger partial charge is 0.307 e. The molecule has 0 rings (SSSR count). The monoisotopic (exact) mass is 396 g/mol. The number of carbonyl (C=O) groups is 1. The molecule has 3 heteroatoms. The van der Waals surface area contributed by atoms with Crippen LogP contribution in [0.25, 0.3) is 0 Å². The predicted octanol–water partition coefficient (Wildman–Crippen LogP) is 6.21. The van der Waals surface area contributed by atoms with Crippen LogP contribution in [0, 0.1) is 5.92 Å². The summed E-state index contributed by atoms with van der Waals surface area (Å²) in [4.78, 5) is 10.9. The fourth-order valence-electron chi connectivity index (χ4n) is 2.50. The van der Waals surface area contributed by atoms with E-state index >= 15 is 0 Å². The maximum Gasteiger partial charge on any atom is 0.307 e. The van der Waals surface area contributed by atoms with Gasteiger partial charge in [0.05, 0.1) is 5.92 Å². The number of hydrogen-bond acceptors (Lipinski definition) is 1. The lowest BCUT2D eigenvalue weighted by molar-refractivity contribution is -0.141. The van der Waals surface area contributed by atoms with Crippen molar-refractivity contribution in [2.45, 2.75) is 90.4 Å². The Morgan fingerprint density at radius 2 is 1.25 bits per heavy atom. The van der Waals surface area contributed by atoms with Crippen LogP contribution in [0.2, 0.25) is 0 Å². The molecular formula is C17H33IO2. The normalized spacial score (nSPS) is 12.5. The molecule has 0 aliphatic rings. The zero-order valence-corrected chi connectivity index (χ0v) is 15.4. The zero-order chi connectivity index (χ0) is 15.1. The SMILES string of the molecule is CCCCCCCCCCCCCCC(CI)C(=O)O. The summed E-state index contributed by atoms with van der Waals surface area (Å²) in [5, 5.41) is 8.95. The average Bonchev–Trinajstić information content (AvgIpc) is 2.43. The third kappa shape index (κ3) is 13.2. The van der Waals surface area contributed by atoms with Crippen molar-refractivity contribution in [3.63, 3.8) is 0 Å². The lowest BCUT2D eigenvalue weighted by atomic mass is 10.0. The number of halogens is 1. The largest absolute Gasteiger partial charge is 0.481 e. The second kappa shape index (κ2) is 15.6. The number of rotatable bonds is 15. The van der Waals surface area contributed by atoms with Crippen molar-refractivity contribution in [3.8, 4) is 0 Å². The molecule has 1 unspecified atom stereocenters. The summed E-state index contributed by atoms with van der Waals surface area (Å²) in [6.07, 6.45) is 16.9. The van der Waals surface area contributed by atoms with E-state index in [0.29, 0.717) is 0 Å². The molecule has 0 bridgehead atoms. The Balaban J connectivity index is 3.15. The molecule has 0 saturated heterocycles. The van der Waals surface area contributed by atoms with Gasteiger partial charge in [-0.2, -0.15) is 0 Å². The first-order valence-electron chi connectivity index (χ1n) is 8.51. The minimum atomic E-state index is -0.623. The standard InChI is InChI=1S/C17H33IO2/c1-2-3-4-5-6-7-8-9-10-11-12-13-14-16(15-18)17(19)20/h16H,2-15H2,1H3,(H,19,20). The van der Waals surface area contributed by atoms with Crippen molar-refractivity contribution in [2.75, 3.05) is 4.43 Å². The Kier molecular flexibility index (Phi) is 15.7. The molecule has 0 aromatic carbocycles. The fraction of sp³-hybridized carbons (Fsp3) is 0.941. The van der Waals surface area contributed by atoms with Gasteiger partial charge in [0.2, 0.25) is 0 Å². The second-order valence-corrected chi connectivity index (χ2v) is 6.75. The van der Waals surface area contributed by atoms with Crippen molar-refractivity contribution in [1.82, 2.24) is 0 Å². The van der Waals surface area contributed by atoms with Crippen LogP contribution in [0.3, 0.4) is 0 Å². The molecule has 0 aromatic rings. The Hall–Kier alpha value is 0.200. The molecule has 1 atom stereocenters. The van der Waals surface area contributed by atoms with E-state index in [1.54, 1.807) is 0 Å². The number of hydrogen-bond donors (Lipinski definition) is 1. The van der Waals surface area contributed by atoms with Crippen LogP contribution >= 0.6 is 22.6 Å². The Morgan fingerprint density at radius 1 is 0.850 bits per heavy atom. The van der Waals surface area contributed by atoms with E-state index < -0.39 is 5.97 Å². The van der Waals surface area contributed by atoms with Crippen molar-refractivity contribution in [3.05, 3.63) is 0 Å². The van der Waals surface area contributed by atoms with Crippen LogP contribution in [0.15, 0.2) is 0 Å². The highest BCUT2D eigenvalue weighted by Crippen LogP contribution is 2.16. The predicted molar refractivity (Wildman–Crippen MR) is 95.7 cm³/mol. The van der Waals surface area contributed by atoms with Gasteiger partial charge in [-0.25, -0.2) is 0 Å². The lowest BCUT2D eigenvalue weighted by Gasteiger charge is -2.08. The van der Waals surface area contributed by atoms with Crippen LogP contribution in [-0.2, 0) is 4.79 Å². The summed E-state index contributed by atoms with van der Waals surface area (Å²) in [7, 11) is 0. The molecule has 1 N–H and O–H groups in total. The molecular weight excluding hydrogens is 363 g/mol. The maximum absolute atomic E-state index is 10.9. The third-order valence-corrected chi connectivity index (χ3v) is 5.00. The molecule has 0 spiro atoms. The van der Waals surface area contributed by atoms with Gasteiger partial charge in [-0.3, -0.25) is 4.79 Å². The molecule has 2 nitrogen and oxygen atoms in total. The van der Waals surface area contributed by atoms with Gasteiger partial charge in [0.15, 0.2) is 0 Å². The Morgan fingerprint density at radius 3 is 1.60 bits per heavy atom. The van der Waals surface area contributed by atoms with Gasteiger partial charge in [-0.1, -0.05) is 107 Å². The quantitative estimate of drug-likeness (QED) is 0.203. The third-order valence-electron chi connectivity index (χ3n) is 3.94. The van der Waals surface area contributed by atoms with E-state index in [0.717, 1.165) is 17.3 Å². The van der Waals surface area contributed by atoms with E-state index in [1.165, 1.54) is 70.6 Å². The summed E-state index contributed by atoms with van der Waals surface area (Å²) < 4.78 is 0.741. The van der Waals surface area contributed by atoms with Gasteiger partial charge >= 0.3 is 5.97 Å². The topological polar surface area (TPSA) is 37.3 Å². The van der Waals surface area contributed by atoms with Gasteiger partial charge < -0.3 is 5.11 Å². The molecule has 0 saturated carbocycles. The highest BCUT2D eigenvalue weighted by atomic mass is 127. The number of carboxylic acid groups (broad SMARTS) is 1. The van der Waals surface area contributed by atoms with E-state index in [2.05, 4.69) is 29.5 Å². The van der Waals surface area contributed by atoms with E-state index in [4.69, 9.17) is 5.11 Å². The van der Waals surface area contributed by atoms with Crippen LogP contribution < -0.4 is 0 Å². The summed E-state index contributed by atoms with van der Waals surface area (Å²) in [5.41, 5.74) is 0. The van der Waals surface area contributed by atoms with E-state index in [9.17, 15) is 4.79 Å². The molecule has 0 amide bonds. The van der Waals surface area contributed by atoms with E-state index in [-0.39, 0.29) is 5.92 Å². The molecule has 0 aromatic heterocycles. The van der Waals surface area contributed by atoms with Gasteiger partial charge in [-0.15, -0.1) is 0 Å². The summed E-state index contributed by atoms with van der Waals surface area (Å²) in [5.74, 6) is -0.749. The molecule has 20 heavy (non-hydrogen) atoms. The number of unbranched alkanes of at least 4 members (excludes halogenated alkanes) is 11. The average molecular weight is 396 g/mol. The Labute approximate surface area is 139 Å². The highest BCUT2D eigenvalue weighted by Gasteiger charge is 2.14. The summed E-state index contributed by atoms with van der Waals surface area (Å²) in [6.45, 7) is 2.26. The molecule has 0 heterocycles. The Bertz CT molecular complexity index is 219. The maximum atomic E-state index is 10.9. The number of alkyl halides is 1. The van der Waals surface area contributed by atoms with Gasteiger partial charge in [-0.05, 0) is 6.42 Å². The van der Waals surface area contributed by atoms with Crippen LogP contribution in [0.4, 0.5) is 0 Å². The summed E-state index contributed by atoms with van der Waals surface area (Å²) >= 11 is 2.18. The first-order chi connectivity index (χ1) is 9.72. The van der Waals surface area contributed by atoms with Crippen molar-refractivity contribution < 1.29 is 9.90 Å². The molecule has 0 aliphatic heterocycles. The first kappa shape index (κ1) is 20.2.